The molecule has 0 aliphatic carbocycles. The Labute approximate surface area is 98.4 Å². The zero-order chi connectivity index (χ0) is 12.3. The van der Waals surface area contributed by atoms with Gasteiger partial charge < -0.3 is 5.11 Å². The van der Waals surface area contributed by atoms with Crippen LogP contribution < -0.4 is 0 Å². The highest BCUT2D eigenvalue weighted by Crippen LogP contribution is 2.21. The molecule has 1 aromatic carbocycles. The fourth-order valence-electron chi connectivity index (χ4n) is 1.21. The maximum atomic E-state index is 11.6. The van der Waals surface area contributed by atoms with Crippen LogP contribution in [0.5, 0.6) is 0 Å². The summed E-state index contributed by atoms with van der Waals surface area (Å²) in [4.78, 5) is 21.9. The molecule has 0 fully saturated rings. The predicted octanol–water partition coefficient (Wildman–Crippen LogP) is 2.78. The number of benzene rings is 1. The molecular formula is C12H11ClO3. The molecule has 0 aromatic heterocycles. The van der Waals surface area contributed by atoms with Crippen molar-refractivity contribution in [2.45, 2.75) is 13.8 Å². The quantitative estimate of drug-likeness (QED) is 0.651. The molecule has 0 bridgehead atoms. The van der Waals surface area contributed by atoms with Gasteiger partial charge in [0.2, 0.25) is 0 Å². The number of carbonyl (C=O) groups excluding carboxylic acids is 1. The highest BCUT2D eigenvalue weighted by molar-refractivity contribution is 6.34. The molecule has 1 rings (SSSR count). The lowest BCUT2D eigenvalue weighted by Crippen LogP contribution is -1.99. The minimum atomic E-state index is -1.16. The topological polar surface area (TPSA) is 54.4 Å². The van der Waals surface area contributed by atoms with Gasteiger partial charge in [-0.15, -0.1) is 0 Å². The number of hydrogen-bond donors (Lipinski definition) is 1. The Morgan fingerprint density at radius 2 is 1.75 bits per heavy atom. The van der Waals surface area contributed by atoms with Crippen LogP contribution in [0.25, 0.3) is 0 Å². The van der Waals surface area contributed by atoms with E-state index in [1.54, 1.807) is 12.1 Å². The summed E-state index contributed by atoms with van der Waals surface area (Å²) in [6.45, 7) is 3.76. The van der Waals surface area contributed by atoms with E-state index < -0.39 is 11.8 Å². The Kier molecular flexibility index (Phi) is 3.85. The number of ketones is 1. The minimum Gasteiger partial charge on any atom is -0.478 e. The average molecular weight is 239 g/mol. The van der Waals surface area contributed by atoms with Crippen LogP contribution >= 0.6 is 11.6 Å². The van der Waals surface area contributed by atoms with Crippen LogP contribution in [0.1, 0.15) is 21.5 Å². The maximum absolute atomic E-state index is 11.6. The van der Waals surface area contributed by atoms with Crippen molar-refractivity contribution in [1.29, 1.82) is 0 Å². The van der Waals surface area contributed by atoms with Crippen LogP contribution in [0, 0.1) is 13.8 Å². The monoisotopic (exact) mass is 238 g/mol. The molecule has 1 N–H and O–H groups in total. The lowest BCUT2D eigenvalue weighted by atomic mass is 10.0. The fourth-order valence-corrected chi connectivity index (χ4v) is 1.52. The van der Waals surface area contributed by atoms with Crippen molar-refractivity contribution in [3.8, 4) is 0 Å². The van der Waals surface area contributed by atoms with Gasteiger partial charge in [0.25, 0.3) is 0 Å². The highest BCUT2D eigenvalue weighted by Gasteiger charge is 2.09. The van der Waals surface area contributed by atoms with E-state index in [-0.39, 0.29) is 0 Å². The second kappa shape index (κ2) is 4.94. The Morgan fingerprint density at radius 3 is 2.31 bits per heavy atom. The molecule has 0 saturated heterocycles. The number of aryl methyl sites for hydroxylation is 2. The Morgan fingerprint density at radius 1 is 1.19 bits per heavy atom. The van der Waals surface area contributed by atoms with Gasteiger partial charge in [-0.3, -0.25) is 4.79 Å². The van der Waals surface area contributed by atoms with E-state index in [4.69, 9.17) is 16.7 Å². The number of carboxylic acids is 1. The van der Waals surface area contributed by atoms with Crippen molar-refractivity contribution < 1.29 is 14.7 Å². The van der Waals surface area contributed by atoms with Gasteiger partial charge in [-0.05, 0) is 43.2 Å². The lowest BCUT2D eigenvalue weighted by molar-refractivity contribution is -0.131. The molecular weight excluding hydrogens is 228 g/mol. The molecule has 16 heavy (non-hydrogen) atoms. The van der Waals surface area contributed by atoms with E-state index in [1.165, 1.54) is 0 Å². The minimum absolute atomic E-state index is 0.322. The molecule has 0 saturated carbocycles. The summed E-state index contributed by atoms with van der Waals surface area (Å²) in [5, 5.41) is 8.74. The number of carbonyl (C=O) groups is 2. The normalized spacial score (nSPS) is 10.7. The Bertz CT molecular complexity index is 475. The van der Waals surface area contributed by atoms with Gasteiger partial charge in [0, 0.05) is 11.6 Å². The SMILES string of the molecule is Cc1cc(Cl)c(C(=O)/C=C/C(=O)O)cc1C. The molecule has 0 atom stereocenters. The largest absolute Gasteiger partial charge is 0.478 e. The first-order chi connectivity index (χ1) is 7.41. The number of rotatable bonds is 3. The molecule has 0 heterocycles. The molecule has 0 aliphatic rings. The fraction of sp³-hybridized carbons (Fsp3) is 0.167. The van der Waals surface area contributed by atoms with Crippen LogP contribution in [0.3, 0.4) is 0 Å². The van der Waals surface area contributed by atoms with Gasteiger partial charge >= 0.3 is 5.97 Å². The summed E-state index contributed by atoms with van der Waals surface area (Å²) < 4.78 is 0. The highest BCUT2D eigenvalue weighted by atomic mass is 35.5. The standard InChI is InChI=1S/C12H11ClO3/c1-7-5-9(10(13)6-8(7)2)11(14)3-4-12(15)16/h3-6H,1-2H3,(H,15,16)/b4-3+. The summed E-state index contributed by atoms with van der Waals surface area (Å²) >= 11 is 5.91. The van der Waals surface area contributed by atoms with Crippen molar-refractivity contribution >= 4 is 23.4 Å². The van der Waals surface area contributed by atoms with Gasteiger partial charge in [-0.1, -0.05) is 11.6 Å². The second-order valence-electron chi connectivity index (χ2n) is 3.45. The van der Waals surface area contributed by atoms with Gasteiger partial charge in [-0.25, -0.2) is 4.79 Å². The number of carboxylic acid groups (broad SMARTS) is 1. The van der Waals surface area contributed by atoms with Crippen molar-refractivity contribution in [3.63, 3.8) is 0 Å². The van der Waals surface area contributed by atoms with Crippen LogP contribution in [-0.2, 0) is 4.79 Å². The third-order valence-corrected chi connectivity index (χ3v) is 2.54. The lowest BCUT2D eigenvalue weighted by Gasteiger charge is -2.05. The summed E-state index contributed by atoms with van der Waals surface area (Å²) in [5.74, 6) is -1.57. The molecule has 4 heteroatoms. The summed E-state index contributed by atoms with van der Waals surface area (Å²) in [7, 11) is 0. The van der Waals surface area contributed by atoms with Crippen LogP contribution in [0.4, 0.5) is 0 Å². The van der Waals surface area contributed by atoms with E-state index in [1.807, 2.05) is 13.8 Å². The van der Waals surface area contributed by atoms with Crippen LogP contribution in [-0.4, -0.2) is 16.9 Å². The maximum Gasteiger partial charge on any atom is 0.328 e. The average Bonchev–Trinajstić information content (AvgIpc) is 2.20. The van der Waals surface area contributed by atoms with E-state index >= 15 is 0 Å². The first-order valence-corrected chi connectivity index (χ1v) is 5.01. The summed E-state index contributed by atoms with van der Waals surface area (Å²) in [6.07, 6.45) is 1.80. The van der Waals surface area contributed by atoms with Crippen molar-refractivity contribution in [2.24, 2.45) is 0 Å². The second-order valence-corrected chi connectivity index (χ2v) is 3.86. The van der Waals surface area contributed by atoms with Crippen LogP contribution in [0.15, 0.2) is 24.3 Å². The van der Waals surface area contributed by atoms with Gasteiger partial charge in [0.05, 0.1) is 5.02 Å². The van der Waals surface area contributed by atoms with E-state index in [2.05, 4.69) is 0 Å². The van der Waals surface area contributed by atoms with E-state index in [0.717, 1.165) is 23.3 Å². The predicted molar refractivity (Wildman–Crippen MR) is 62.0 cm³/mol. The molecule has 0 spiro atoms. The van der Waals surface area contributed by atoms with Crippen molar-refractivity contribution in [3.05, 3.63) is 46.0 Å². The van der Waals surface area contributed by atoms with Crippen molar-refractivity contribution in [2.75, 3.05) is 0 Å². The van der Waals surface area contributed by atoms with E-state index in [0.29, 0.717) is 10.6 Å². The molecule has 84 valence electrons. The van der Waals surface area contributed by atoms with Gasteiger partial charge in [0.1, 0.15) is 0 Å². The smallest absolute Gasteiger partial charge is 0.328 e. The zero-order valence-corrected chi connectivity index (χ0v) is 9.71. The molecule has 1 aromatic rings. The molecule has 0 amide bonds. The molecule has 0 aliphatic heterocycles. The molecule has 0 unspecified atom stereocenters. The Hall–Kier alpha value is -1.61. The Balaban J connectivity index is 3.09. The zero-order valence-electron chi connectivity index (χ0n) is 8.95. The first kappa shape index (κ1) is 12.5. The third kappa shape index (κ3) is 2.94. The van der Waals surface area contributed by atoms with Gasteiger partial charge in [-0.2, -0.15) is 0 Å². The summed E-state index contributed by atoms with van der Waals surface area (Å²) in [6, 6.07) is 3.35. The van der Waals surface area contributed by atoms with E-state index in [9.17, 15) is 9.59 Å². The van der Waals surface area contributed by atoms with Crippen LogP contribution in [0.2, 0.25) is 5.02 Å². The van der Waals surface area contributed by atoms with Gasteiger partial charge in [0.15, 0.2) is 5.78 Å². The third-order valence-electron chi connectivity index (χ3n) is 2.23. The first-order valence-electron chi connectivity index (χ1n) is 4.64. The molecule has 3 nitrogen and oxygen atoms in total. The number of allylic oxidation sites excluding steroid dienone is 1. The summed E-state index contributed by atoms with van der Waals surface area (Å²) in [5.41, 5.74) is 2.25. The van der Waals surface area contributed by atoms with Crippen molar-refractivity contribution in [1.82, 2.24) is 0 Å². The number of hydrogen-bond acceptors (Lipinski definition) is 2. The molecule has 0 radical (unpaired) electrons. The number of halogens is 1. The number of aliphatic carboxylic acids is 1.